The maximum absolute atomic E-state index is 4.78. The molecule has 2 rings (SSSR count). The van der Waals surface area contributed by atoms with Crippen LogP contribution in [-0.4, -0.2) is 4.98 Å². The lowest BCUT2D eigenvalue weighted by molar-refractivity contribution is 0.249. The van der Waals surface area contributed by atoms with Gasteiger partial charge in [0.25, 0.3) is 0 Å². The minimum atomic E-state index is 0.382. The molecule has 1 aromatic carbocycles. The summed E-state index contributed by atoms with van der Waals surface area (Å²) in [7, 11) is 0. The second-order valence-electron chi connectivity index (χ2n) is 8.23. The molecule has 142 valence electrons. The third kappa shape index (κ3) is 5.69. The average molecular weight is 352 g/mol. The van der Waals surface area contributed by atoms with Crippen LogP contribution in [0.2, 0.25) is 0 Å². The lowest BCUT2D eigenvalue weighted by Gasteiger charge is -2.33. The molecule has 1 nitrogen and oxygen atoms in total. The van der Waals surface area contributed by atoms with Gasteiger partial charge in [-0.05, 0) is 48.8 Å². The summed E-state index contributed by atoms with van der Waals surface area (Å²) < 4.78 is 0. The van der Waals surface area contributed by atoms with Crippen LogP contribution >= 0.6 is 0 Å². The molecule has 2 aromatic rings. The zero-order valence-electron chi connectivity index (χ0n) is 17.4. The molecular weight excluding hydrogens is 314 g/mol. The van der Waals surface area contributed by atoms with E-state index in [1.807, 2.05) is 12.3 Å². The molecule has 2 unspecified atom stereocenters. The van der Waals surface area contributed by atoms with Crippen molar-refractivity contribution in [3.8, 4) is 0 Å². The zero-order chi connectivity index (χ0) is 18.9. The Bertz CT molecular complexity index is 608. The molecule has 1 aromatic heterocycles. The maximum atomic E-state index is 4.78. The molecule has 0 amide bonds. The average Bonchev–Trinajstić information content (AvgIpc) is 2.64. The van der Waals surface area contributed by atoms with Gasteiger partial charge in [0.15, 0.2) is 0 Å². The Morgan fingerprint density at radius 2 is 1.54 bits per heavy atom. The van der Waals surface area contributed by atoms with Gasteiger partial charge in [-0.25, -0.2) is 0 Å². The number of hydrogen-bond donors (Lipinski definition) is 0. The van der Waals surface area contributed by atoms with Crippen LogP contribution in [-0.2, 0) is 0 Å². The second-order valence-corrected chi connectivity index (χ2v) is 8.23. The van der Waals surface area contributed by atoms with E-state index in [2.05, 4.69) is 71.0 Å². The highest BCUT2D eigenvalue weighted by Crippen LogP contribution is 2.40. The summed E-state index contributed by atoms with van der Waals surface area (Å²) in [5.41, 5.74) is 3.96. The Morgan fingerprint density at radius 3 is 2.04 bits per heavy atom. The lowest BCUT2D eigenvalue weighted by atomic mass is 9.71. The highest BCUT2D eigenvalue weighted by molar-refractivity contribution is 5.32. The van der Waals surface area contributed by atoms with Crippen molar-refractivity contribution in [3.63, 3.8) is 0 Å². The Labute approximate surface area is 161 Å². The van der Waals surface area contributed by atoms with Crippen LogP contribution in [0.4, 0.5) is 0 Å². The number of pyridine rings is 1. The molecule has 2 atom stereocenters. The Hall–Kier alpha value is -1.63. The standard InChI is InChI=1S/C25H37N/c1-6-10-21(11-7-2)18-23(19(3)4)25(24-12-8-9-17-26-24)22-15-13-20(5)14-16-22/h8-9,12-17,19,21,23,25H,6-7,10-11,18H2,1-5H3. The molecular formula is C25H37N. The van der Waals surface area contributed by atoms with Crippen LogP contribution in [0.25, 0.3) is 0 Å². The summed E-state index contributed by atoms with van der Waals surface area (Å²) in [4.78, 5) is 4.78. The quantitative estimate of drug-likeness (QED) is 0.434. The summed E-state index contributed by atoms with van der Waals surface area (Å²) >= 11 is 0. The number of benzene rings is 1. The number of nitrogens with zero attached hydrogens (tertiary/aromatic N) is 1. The first kappa shape index (κ1) is 20.7. The van der Waals surface area contributed by atoms with Crippen molar-refractivity contribution in [3.05, 3.63) is 65.5 Å². The molecule has 0 spiro atoms. The molecule has 0 N–H and O–H groups in total. The van der Waals surface area contributed by atoms with Crippen LogP contribution in [0.1, 0.15) is 82.5 Å². The second kappa shape index (κ2) is 10.5. The van der Waals surface area contributed by atoms with Gasteiger partial charge in [-0.1, -0.05) is 89.3 Å². The smallest absolute Gasteiger partial charge is 0.0481 e. The van der Waals surface area contributed by atoms with Crippen molar-refractivity contribution in [1.29, 1.82) is 0 Å². The SMILES string of the molecule is CCCC(CCC)CC(C(C)C)C(c1ccc(C)cc1)c1ccccn1. The van der Waals surface area contributed by atoms with Gasteiger partial charge in [0, 0.05) is 17.8 Å². The third-order valence-electron chi connectivity index (χ3n) is 5.73. The first-order valence-electron chi connectivity index (χ1n) is 10.5. The first-order valence-corrected chi connectivity index (χ1v) is 10.5. The van der Waals surface area contributed by atoms with Crippen LogP contribution in [0.5, 0.6) is 0 Å². The maximum Gasteiger partial charge on any atom is 0.0481 e. The van der Waals surface area contributed by atoms with Crippen molar-refractivity contribution in [1.82, 2.24) is 4.98 Å². The largest absolute Gasteiger partial charge is 0.261 e. The third-order valence-corrected chi connectivity index (χ3v) is 5.73. The van der Waals surface area contributed by atoms with Gasteiger partial charge in [-0.3, -0.25) is 4.98 Å². The summed E-state index contributed by atoms with van der Waals surface area (Å²) in [6, 6.07) is 15.5. The van der Waals surface area contributed by atoms with Gasteiger partial charge in [0.05, 0.1) is 0 Å². The van der Waals surface area contributed by atoms with Gasteiger partial charge < -0.3 is 0 Å². The lowest BCUT2D eigenvalue weighted by Crippen LogP contribution is -2.24. The molecule has 0 aliphatic heterocycles. The molecule has 0 radical (unpaired) electrons. The van der Waals surface area contributed by atoms with Crippen molar-refractivity contribution in [2.75, 3.05) is 0 Å². The summed E-state index contributed by atoms with van der Waals surface area (Å²) in [6.07, 6.45) is 8.51. The van der Waals surface area contributed by atoms with Crippen molar-refractivity contribution in [2.45, 2.75) is 72.6 Å². The van der Waals surface area contributed by atoms with Crippen LogP contribution in [0.15, 0.2) is 48.7 Å². The molecule has 0 bridgehead atoms. The molecule has 0 saturated carbocycles. The number of aromatic nitrogens is 1. The van der Waals surface area contributed by atoms with Crippen molar-refractivity contribution in [2.24, 2.45) is 17.8 Å². The monoisotopic (exact) mass is 351 g/mol. The van der Waals surface area contributed by atoms with E-state index in [4.69, 9.17) is 4.98 Å². The molecule has 0 fully saturated rings. The Kier molecular flexibility index (Phi) is 8.35. The first-order chi connectivity index (χ1) is 12.6. The van der Waals surface area contributed by atoms with E-state index in [0.717, 1.165) is 5.92 Å². The Morgan fingerprint density at radius 1 is 0.885 bits per heavy atom. The predicted molar refractivity (Wildman–Crippen MR) is 114 cm³/mol. The fourth-order valence-corrected chi connectivity index (χ4v) is 4.35. The topological polar surface area (TPSA) is 12.9 Å². The van der Waals surface area contributed by atoms with Gasteiger partial charge in [0.2, 0.25) is 0 Å². The van der Waals surface area contributed by atoms with Crippen LogP contribution in [0.3, 0.4) is 0 Å². The van der Waals surface area contributed by atoms with Gasteiger partial charge in [-0.2, -0.15) is 0 Å². The number of rotatable bonds is 10. The van der Waals surface area contributed by atoms with Crippen molar-refractivity contribution >= 4 is 0 Å². The fourth-order valence-electron chi connectivity index (χ4n) is 4.35. The molecule has 1 heteroatoms. The predicted octanol–water partition coefficient (Wildman–Crippen LogP) is 7.40. The number of aryl methyl sites for hydroxylation is 1. The zero-order valence-corrected chi connectivity index (χ0v) is 17.4. The van der Waals surface area contributed by atoms with E-state index >= 15 is 0 Å². The van der Waals surface area contributed by atoms with E-state index in [0.29, 0.717) is 17.8 Å². The van der Waals surface area contributed by atoms with Gasteiger partial charge >= 0.3 is 0 Å². The summed E-state index contributed by atoms with van der Waals surface area (Å²) in [5, 5.41) is 0. The molecule has 0 aliphatic carbocycles. The van der Waals surface area contributed by atoms with E-state index in [1.54, 1.807) is 0 Å². The van der Waals surface area contributed by atoms with Crippen molar-refractivity contribution < 1.29 is 0 Å². The Balaban J connectivity index is 2.40. The van der Waals surface area contributed by atoms with Gasteiger partial charge in [-0.15, -0.1) is 0 Å². The van der Waals surface area contributed by atoms with E-state index in [-0.39, 0.29) is 0 Å². The molecule has 1 heterocycles. The fraction of sp³-hybridized carbons (Fsp3) is 0.560. The normalized spacial score (nSPS) is 14.0. The highest BCUT2D eigenvalue weighted by atomic mass is 14.7. The number of hydrogen-bond acceptors (Lipinski definition) is 1. The van der Waals surface area contributed by atoms with E-state index in [1.165, 1.54) is 48.9 Å². The van der Waals surface area contributed by atoms with E-state index < -0.39 is 0 Å². The van der Waals surface area contributed by atoms with E-state index in [9.17, 15) is 0 Å². The summed E-state index contributed by atoms with van der Waals surface area (Å²) in [6.45, 7) is 11.6. The highest BCUT2D eigenvalue weighted by Gasteiger charge is 2.30. The summed E-state index contributed by atoms with van der Waals surface area (Å²) in [5.74, 6) is 2.47. The molecule has 0 aliphatic rings. The van der Waals surface area contributed by atoms with Gasteiger partial charge in [0.1, 0.15) is 0 Å². The minimum Gasteiger partial charge on any atom is -0.261 e. The van der Waals surface area contributed by atoms with Crippen LogP contribution < -0.4 is 0 Å². The minimum absolute atomic E-state index is 0.382. The molecule has 0 saturated heterocycles. The van der Waals surface area contributed by atoms with Crippen LogP contribution in [0, 0.1) is 24.7 Å². The molecule has 26 heavy (non-hydrogen) atoms.